The first-order valence-electron chi connectivity index (χ1n) is 10.3. The van der Waals surface area contributed by atoms with Crippen LogP contribution in [-0.4, -0.2) is 50.1 Å². The zero-order valence-corrected chi connectivity index (χ0v) is 20.9. The van der Waals surface area contributed by atoms with Gasteiger partial charge in [-0.25, -0.2) is 9.59 Å². The molecular formula is C23H35NO7S. The Morgan fingerprint density at radius 3 is 2.00 bits per heavy atom. The van der Waals surface area contributed by atoms with E-state index in [2.05, 4.69) is 5.32 Å². The summed E-state index contributed by atoms with van der Waals surface area (Å²) >= 11 is 0. The second-order valence-electron chi connectivity index (χ2n) is 9.59. The van der Waals surface area contributed by atoms with E-state index in [0.29, 0.717) is 0 Å². The Kier molecular flexibility index (Phi) is 9.47. The van der Waals surface area contributed by atoms with Crippen LogP contribution in [0.1, 0.15) is 54.0 Å². The van der Waals surface area contributed by atoms with Crippen LogP contribution in [0.5, 0.6) is 0 Å². The second-order valence-corrected chi connectivity index (χ2v) is 11.2. The average molecular weight is 470 g/mol. The van der Waals surface area contributed by atoms with Crippen LogP contribution in [0, 0.1) is 0 Å². The second kappa shape index (κ2) is 11.0. The zero-order chi connectivity index (χ0) is 24.7. The van der Waals surface area contributed by atoms with Gasteiger partial charge in [0.05, 0.1) is 12.3 Å². The van der Waals surface area contributed by atoms with Crippen molar-refractivity contribution in [3.05, 3.63) is 47.5 Å². The first kappa shape index (κ1) is 27.6. The van der Waals surface area contributed by atoms with Gasteiger partial charge in [-0.05, 0) is 66.0 Å². The van der Waals surface area contributed by atoms with Gasteiger partial charge < -0.3 is 14.8 Å². The molecule has 0 radical (unpaired) electrons. The maximum Gasteiger partial charge on any atom is 0.407 e. The molecule has 0 heterocycles. The summed E-state index contributed by atoms with van der Waals surface area (Å²) in [5, 5.41) is 2.70. The van der Waals surface area contributed by atoms with Crippen LogP contribution in [0.4, 0.5) is 4.79 Å². The number of alkyl carbamates (subject to hydrolysis) is 1. The minimum Gasteiger partial charge on any atom is -0.457 e. The normalized spacial score (nSPS) is 14.9. The van der Waals surface area contributed by atoms with E-state index in [1.807, 2.05) is 30.3 Å². The number of nitrogens with one attached hydrogen (secondary N) is 1. The van der Waals surface area contributed by atoms with E-state index in [1.54, 1.807) is 48.5 Å². The fraction of sp³-hybridized carbons (Fsp3) is 0.565. The minimum absolute atomic E-state index is 0.236. The molecule has 180 valence electrons. The van der Waals surface area contributed by atoms with Gasteiger partial charge in [0.1, 0.15) is 17.3 Å². The van der Waals surface area contributed by atoms with Gasteiger partial charge >= 0.3 is 12.1 Å². The highest BCUT2D eigenvalue weighted by Gasteiger charge is 2.31. The molecule has 2 atom stereocenters. The van der Waals surface area contributed by atoms with Crippen molar-refractivity contribution >= 4 is 22.2 Å². The fourth-order valence-electron chi connectivity index (χ4n) is 2.81. The van der Waals surface area contributed by atoms with Crippen LogP contribution < -0.4 is 5.32 Å². The van der Waals surface area contributed by atoms with Crippen LogP contribution in [-0.2, 0) is 35.0 Å². The maximum absolute atomic E-state index is 12.5. The molecule has 1 amide bonds. The molecule has 1 aromatic rings. The van der Waals surface area contributed by atoms with Crippen molar-refractivity contribution in [3.8, 4) is 0 Å². The van der Waals surface area contributed by atoms with E-state index in [-0.39, 0.29) is 12.0 Å². The summed E-state index contributed by atoms with van der Waals surface area (Å²) in [6.45, 7) is 11.9. The SMILES string of the molecule is C/C(=C\C(=O)OC(C)(C)C)[C@@H](OS(C)(=O)=O)[C@@H](Cc1ccccc1)NC(=O)OC(C)(C)C. The summed E-state index contributed by atoms with van der Waals surface area (Å²) in [7, 11) is -3.93. The first-order valence-corrected chi connectivity index (χ1v) is 12.1. The number of benzene rings is 1. The number of esters is 1. The highest BCUT2D eigenvalue weighted by molar-refractivity contribution is 7.86. The Morgan fingerprint density at radius 2 is 1.53 bits per heavy atom. The smallest absolute Gasteiger partial charge is 0.407 e. The lowest BCUT2D eigenvalue weighted by Gasteiger charge is -2.29. The number of carbonyl (C=O) groups excluding carboxylic acids is 2. The molecule has 32 heavy (non-hydrogen) atoms. The molecule has 8 nitrogen and oxygen atoms in total. The Balaban J connectivity index is 3.34. The summed E-state index contributed by atoms with van der Waals surface area (Å²) in [4.78, 5) is 24.8. The first-order chi connectivity index (χ1) is 14.5. The fourth-order valence-corrected chi connectivity index (χ4v) is 3.47. The Morgan fingerprint density at radius 1 is 1.00 bits per heavy atom. The highest BCUT2D eigenvalue weighted by Crippen LogP contribution is 2.20. The molecule has 0 bridgehead atoms. The Labute approximate surface area is 191 Å². The summed E-state index contributed by atoms with van der Waals surface area (Å²) in [6.07, 6.45) is 0.430. The number of ether oxygens (including phenoxy) is 2. The van der Waals surface area contributed by atoms with E-state index >= 15 is 0 Å². The molecule has 0 fully saturated rings. The topological polar surface area (TPSA) is 108 Å². The molecule has 1 aromatic carbocycles. The number of hydrogen-bond acceptors (Lipinski definition) is 7. The summed E-state index contributed by atoms with van der Waals surface area (Å²) in [6, 6.07) is 8.34. The zero-order valence-electron chi connectivity index (χ0n) is 20.1. The molecule has 9 heteroatoms. The molecule has 0 saturated heterocycles. The van der Waals surface area contributed by atoms with Gasteiger partial charge in [0.2, 0.25) is 0 Å². The summed E-state index contributed by atoms with van der Waals surface area (Å²) < 4.78 is 40.0. The van der Waals surface area contributed by atoms with E-state index in [4.69, 9.17) is 13.7 Å². The lowest BCUT2D eigenvalue weighted by Crippen LogP contribution is -2.48. The largest absolute Gasteiger partial charge is 0.457 e. The number of carbonyl (C=O) groups is 2. The third-order valence-electron chi connectivity index (χ3n) is 3.85. The summed E-state index contributed by atoms with van der Waals surface area (Å²) in [5.74, 6) is -0.646. The van der Waals surface area contributed by atoms with Crippen molar-refractivity contribution in [2.75, 3.05) is 6.26 Å². The Hall–Kier alpha value is -2.39. The van der Waals surface area contributed by atoms with E-state index in [1.165, 1.54) is 6.08 Å². The molecule has 0 unspecified atom stereocenters. The van der Waals surface area contributed by atoms with Crippen molar-refractivity contribution in [2.24, 2.45) is 0 Å². The van der Waals surface area contributed by atoms with Gasteiger partial charge in [-0.3, -0.25) is 4.18 Å². The predicted octanol–water partition coefficient (Wildman–Crippen LogP) is 3.76. The molecule has 1 N–H and O–H groups in total. The lowest BCUT2D eigenvalue weighted by atomic mass is 9.96. The van der Waals surface area contributed by atoms with Gasteiger partial charge in [-0.1, -0.05) is 30.3 Å². The Bertz CT molecular complexity index is 910. The number of amides is 1. The van der Waals surface area contributed by atoms with Crippen LogP contribution >= 0.6 is 0 Å². The molecule has 0 aliphatic carbocycles. The molecule has 0 aliphatic heterocycles. The quantitative estimate of drug-likeness (QED) is 0.351. The lowest BCUT2D eigenvalue weighted by molar-refractivity contribution is -0.148. The molecular weight excluding hydrogens is 434 g/mol. The van der Waals surface area contributed by atoms with Crippen LogP contribution in [0.25, 0.3) is 0 Å². The van der Waals surface area contributed by atoms with Crippen LogP contribution in [0.2, 0.25) is 0 Å². The monoisotopic (exact) mass is 469 g/mol. The number of hydrogen-bond donors (Lipinski definition) is 1. The molecule has 1 rings (SSSR count). The van der Waals surface area contributed by atoms with Crippen molar-refractivity contribution in [1.29, 1.82) is 0 Å². The molecule has 0 spiro atoms. The van der Waals surface area contributed by atoms with Crippen molar-refractivity contribution < 1.29 is 31.7 Å². The van der Waals surface area contributed by atoms with Gasteiger partial charge in [0.25, 0.3) is 10.1 Å². The summed E-state index contributed by atoms with van der Waals surface area (Å²) in [5.41, 5.74) is -0.364. The van der Waals surface area contributed by atoms with Gasteiger partial charge in [-0.15, -0.1) is 0 Å². The van der Waals surface area contributed by atoms with Crippen LogP contribution in [0.15, 0.2) is 42.0 Å². The van der Waals surface area contributed by atoms with E-state index < -0.39 is 45.5 Å². The number of rotatable bonds is 8. The molecule has 0 saturated carbocycles. The standard InChI is InChI=1S/C23H35NO7S/c1-16(14-19(25)29-22(2,3)4)20(31-32(8,27)28)18(15-17-12-10-9-11-13-17)24-21(26)30-23(5,6)7/h9-14,18,20H,15H2,1-8H3,(H,24,26)/b16-14+/t18-,20-/m1/s1. The third-order valence-corrected chi connectivity index (χ3v) is 4.40. The maximum atomic E-state index is 12.5. The molecule has 0 aliphatic rings. The molecule has 0 aromatic heterocycles. The average Bonchev–Trinajstić information content (AvgIpc) is 2.55. The van der Waals surface area contributed by atoms with Gasteiger partial charge in [0, 0.05) is 6.08 Å². The van der Waals surface area contributed by atoms with E-state index in [0.717, 1.165) is 11.8 Å². The van der Waals surface area contributed by atoms with Gasteiger partial charge in [-0.2, -0.15) is 8.42 Å². The minimum atomic E-state index is -3.93. The van der Waals surface area contributed by atoms with E-state index in [9.17, 15) is 18.0 Å². The van der Waals surface area contributed by atoms with Crippen molar-refractivity contribution in [3.63, 3.8) is 0 Å². The predicted molar refractivity (Wildman–Crippen MR) is 123 cm³/mol. The van der Waals surface area contributed by atoms with Gasteiger partial charge in [0.15, 0.2) is 0 Å². The third kappa shape index (κ3) is 11.9. The highest BCUT2D eigenvalue weighted by atomic mass is 32.2. The van der Waals surface area contributed by atoms with Crippen molar-refractivity contribution in [1.82, 2.24) is 5.32 Å². The van der Waals surface area contributed by atoms with Crippen molar-refractivity contribution in [2.45, 2.75) is 78.2 Å². The van der Waals surface area contributed by atoms with Crippen LogP contribution in [0.3, 0.4) is 0 Å².